The minimum Gasteiger partial charge on any atom is -0.494 e. The van der Waals surface area contributed by atoms with Crippen LogP contribution >= 0.6 is 0 Å². The van der Waals surface area contributed by atoms with Crippen molar-refractivity contribution >= 4 is 0 Å². The number of ether oxygens (including phenoxy) is 1. The summed E-state index contributed by atoms with van der Waals surface area (Å²) in [6, 6.07) is 8.40. The van der Waals surface area contributed by atoms with Gasteiger partial charge >= 0.3 is 0 Å². The maximum Gasteiger partial charge on any atom is 0.119 e. The van der Waals surface area contributed by atoms with Gasteiger partial charge in [0.2, 0.25) is 0 Å². The van der Waals surface area contributed by atoms with E-state index in [9.17, 15) is 0 Å². The molecule has 1 aromatic rings. The van der Waals surface area contributed by atoms with E-state index in [1.54, 1.807) is 0 Å². The van der Waals surface area contributed by atoms with Crippen LogP contribution in [0.15, 0.2) is 36.4 Å². The second kappa shape index (κ2) is 6.28. The molecule has 0 heterocycles. The predicted molar refractivity (Wildman–Crippen MR) is 65.5 cm³/mol. The zero-order valence-electron chi connectivity index (χ0n) is 9.86. The molecule has 1 atom stereocenters. The summed E-state index contributed by atoms with van der Waals surface area (Å²) in [5.74, 6) is 1.54. The van der Waals surface area contributed by atoms with E-state index in [1.807, 2.05) is 19.1 Å². The third-order valence-corrected chi connectivity index (χ3v) is 2.49. The molecule has 82 valence electrons. The van der Waals surface area contributed by atoms with Crippen LogP contribution in [0.3, 0.4) is 0 Å². The highest BCUT2D eigenvalue weighted by Crippen LogP contribution is 2.22. The molecule has 1 rings (SSSR count). The first-order valence-electron chi connectivity index (χ1n) is 5.61. The first-order chi connectivity index (χ1) is 7.27. The topological polar surface area (TPSA) is 9.23 Å². The highest BCUT2D eigenvalue weighted by Gasteiger charge is 2.03. The van der Waals surface area contributed by atoms with Crippen LogP contribution in [0.4, 0.5) is 0 Å². The average Bonchev–Trinajstić information content (AvgIpc) is 2.27. The van der Waals surface area contributed by atoms with Gasteiger partial charge in [-0.05, 0) is 43.9 Å². The molecule has 0 aromatic heterocycles. The largest absolute Gasteiger partial charge is 0.494 e. The highest BCUT2D eigenvalue weighted by atomic mass is 16.5. The lowest BCUT2D eigenvalue weighted by Crippen LogP contribution is -1.94. The Bertz CT molecular complexity index is 298. The van der Waals surface area contributed by atoms with Gasteiger partial charge in [-0.25, -0.2) is 0 Å². The van der Waals surface area contributed by atoms with E-state index >= 15 is 0 Å². The van der Waals surface area contributed by atoms with Gasteiger partial charge in [-0.3, -0.25) is 0 Å². The summed E-state index contributed by atoms with van der Waals surface area (Å²) >= 11 is 0. The van der Waals surface area contributed by atoms with Crippen LogP contribution in [0.25, 0.3) is 0 Å². The van der Waals surface area contributed by atoms with E-state index in [0.717, 1.165) is 18.8 Å². The van der Waals surface area contributed by atoms with Crippen LogP contribution in [-0.2, 0) is 0 Å². The highest BCUT2D eigenvalue weighted by molar-refractivity contribution is 5.29. The molecule has 1 nitrogen and oxygen atoms in total. The molecule has 1 unspecified atom stereocenters. The molecule has 15 heavy (non-hydrogen) atoms. The molecule has 0 N–H and O–H groups in total. The van der Waals surface area contributed by atoms with Gasteiger partial charge in [0.25, 0.3) is 0 Å². The molecule has 0 aliphatic heterocycles. The predicted octanol–water partition coefficient (Wildman–Crippen LogP) is 4.16. The minimum absolute atomic E-state index is 0.580. The fourth-order valence-corrected chi connectivity index (χ4v) is 1.54. The lowest BCUT2D eigenvalue weighted by Gasteiger charge is -2.10. The molecule has 0 radical (unpaired) electrons. The molecule has 0 saturated carbocycles. The lowest BCUT2D eigenvalue weighted by molar-refractivity contribution is 0.340. The molecular formula is C14H20O. The van der Waals surface area contributed by atoms with E-state index in [4.69, 9.17) is 4.74 Å². The van der Waals surface area contributed by atoms with Crippen molar-refractivity contribution < 1.29 is 4.74 Å². The van der Waals surface area contributed by atoms with Crippen molar-refractivity contribution in [1.29, 1.82) is 0 Å². The first kappa shape index (κ1) is 11.8. The summed E-state index contributed by atoms with van der Waals surface area (Å²) in [4.78, 5) is 0. The van der Waals surface area contributed by atoms with Crippen molar-refractivity contribution in [2.24, 2.45) is 0 Å². The Kier molecular flexibility index (Phi) is 4.96. The number of hydrogen-bond donors (Lipinski definition) is 0. The van der Waals surface area contributed by atoms with E-state index in [0.29, 0.717) is 5.92 Å². The Balaban J connectivity index is 2.62. The molecule has 1 aromatic carbocycles. The summed E-state index contributed by atoms with van der Waals surface area (Å²) in [5, 5.41) is 0. The van der Waals surface area contributed by atoms with Gasteiger partial charge in [0.05, 0.1) is 6.61 Å². The zero-order valence-corrected chi connectivity index (χ0v) is 9.86. The standard InChI is InChI=1S/C14H20O/c1-4-6-7-12(3)13-8-10-14(11-9-13)15-5-2/h4,6,8-12H,5,7H2,1-3H3/b6-4-. The molecule has 0 fully saturated rings. The second-order valence-electron chi connectivity index (χ2n) is 3.71. The quantitative estimate of drug-likeness (QED) is 0.654. The van der Waals surface area contributed by atoms with Crippen molar-refractivity contribution in [2.75, 3.05) is 6.61 Å². The summed E-state index contributed by atoms with van der Waals surface area (Å²) in [6.07, 6.45) is 5.41. The first-order valence-corrected chi connectivity index (χ1v) is 5.61. The van der Waals surface area contributed by atoms with Gasteiger partial charge in [0.1, 0.15) is 5.75 Å². The monoisotopic (exact) mass is 204 g/mol. The van der Waals surface area contributed by atoms with Crippen LogP contribution in [0, 0.1) is 0 Å². The van der Waals surface area contributed by atoms with Crippen LogP contribution in [-0.4, -0.2) is 6.61 Å². The maximum atomic E-state index is 5.41. The Morgan fingerprint density at radius 1 is 1.27 bits per heavy atom. The molecular weight excluding hydrogens is 184 g/mol. The molecule has 0 aliphatic carbocycles. The van der Waals surface area contributed by atoms with Crippen LogP contribution in [0.2, 0.25) is 0 Å². The summed E-state index contributed by atoms with van der Waals surface area (Å²) in [6.45, 7) is 7.04. The Labute approximate surface area is 92.8 Å². The Morgan fingerprint density at radius 2 is 1.93 bits per heavy atom. The van der Waals surface area contributed by atoms with Gasteiger partial charge in [-0.2, -0.15) is 0 Å². The number of benzene rings is 1. The average molecular weight is 204 g/mol. The molecule has 0 aliphatic rings. The SMILES string of the molecule is C/C=C\CC(C)c1ccc(OCC)cc1. The van der Waals surface area contributed by atoms with E-state index in [1.165, 1.54) is 5.56 Å². The maximum absolute atomic E-state index is 5.41. The molecule has 0 spiro atoms. The van der Waals surface area contributed by atoms with Crippen molar-refractivity contribution in [1.82, 2.24) is 0 Å². The fraction of sp³-hybridized carbons (Fsp3) is 0.429. The summed E-state index contributed by atoms with van der Waals surface area (Å²) in [5.41, 5.74) is 1.37. The number of hydrogen-bond acceptors (Lipinski definition) is 1. The fourth-order valence-electron chi connectivity index (χ4n) is 1.54. The third kappa shape index (κ3) is 3.78. The number of allylic oxidation sites excluding steroid dienone is 2. The minimum atomic E-state index is 0.580. The smallest absolute Gasteiger partial charge is 0.119 e. The molecule has 0 bridgehead atoms. The van der Waals surface area contributed by atoms with Crippen molar-refractivity contribution in [3.05, 3.63) is 42.0 Å². The van der Waals surface area contributed by atoms with Crippen LogP contribution in [0.1, 0.15) is 38.7 Å². The van der Waals surface area contributed by atoms with Gasteiger partial charge in [0, 0.05) is 0 Å². The van der Waals surface area contributed by atoms with Gasteiger partial charge in [-0.15, -0.1) is 0 Å². The molecule has 1 heteroatoms. The van der Waals surface area contributed by atoms with Gasteiger partial charge < -0.3 is 4.74 Å². The van der Waals surface area contributed by atoms with Crippen molar-refractivity contribution in [2.45, 2.75) is 33.1 Å². The Morgan fingerprint density at radius 3 is 2.47 bits per heavy atom. The third-order valence-electron chi connectivity index (χ3n) is 2.49. The van der Waals surface area contributed by atoms with Crippen LogP contribution < -0.4 is 4.74 Å². The number of rotatable bonds is 5. The van der Waals surface area contributed by atoms with Gasteiger partial charge in [0.15, 0.2) is 0 Å². The zero-order chi connectivity index (χ0) is 11.1. The normalized spacial score (nSPS) is 13.0. The van der Waals surface area contributed by atoms with E-state index in [-0.39, 0.29) is 0 Å². The van der Waals surface area contributed by atoms with Crippen LogP contribution in [0.5, 0.6) is 5.75 Å². The summed E-state index contributed by atoms with van der Waals surface area (Å²) in [7, 11) is 0. The molecule has 0 saturated heterocycles. The second-order valence-corrected chi connectivity index (χ2v) is 3.71. The lowest BCUT2D eigenvalue weighted by atomic mass is 9.98. The van der Waals surface area contributed by atoms with E-state index < -0.39 is 0 Å². The van der Waals surface area contributed by atoms with Crippen molar-refractivity contribution in [3.63, 3.8) is 0 Å². The van der Waals surface area contributed by atoms with Crippen molar-refractivity contribution in [3.8, 4) is 5.75 Å². The summed E-state index contributed by atoms with van der Waals surface area (Å²) < 4.78 is 5.41. The van der Waals surface area contributed by atoms with E-state index in [2.05, 4.69) is 38.1 Å². The Hall–Kier alpha value is -1.24. The van der Waals surface area contributed by atoms with Gasteiger partial charge in [-0.1, -0.05) is 31.2 Å². The molecule has 0 amide bonds.